The zero-order chi connectivity index (χ0) is 7.68. The van der Waals surface area contributed by atoms with E-state index < -0.39 is 0 Å². The lowest BCUT2D eigenvalue weighted by Gasteiger charge is -2.06. The molecule has 11 heavy (non-hydrogen) atoms. The number of hydrogen-bond acceptors (Lipinski definition) is 4. The van der Waals surface area contributed by atoms with Crippen molar-refractivity contribution in [2.45, 2.75) is 19.0 Å². The van der Waals surface area contributed by atoms with Crippen molar-refractivity contribution in [2.24, 2.45) is 0 Å². The van der Waals surface area contributed by atoms with Gasteiger partial charge in [-0.2, -0.15) is 4.80 Å². The molecular formula is C5H9N5S. The van der Waals surface area contributed by atoms with E-state index in [4.69, 9.17) is 12.2 Å². The first-order chi connectivity index (χ1) is 5.36. The zero-order valence-electron chi connectivity index (χ0n) is 5.95. The third-order valence-electron chi connectivity index (χ3n) is 1.77. The van der Waals surface area contributed by atoms with Gasteiger partial charge in [0.25, 0.3) is 0 Å². The molecule has 5 nitrogen and oxygen atoms in total. The Balaban J connectivity index is 2.21. The molecule has 2 N–H and O–H groups in total. The normalized spacial score (nSPS) is 24.2. The number of nitrogens with one attached hydrogen (secondary N) is 2. The summed E-state index contributed by atoms with van der Waals surface area (Å²) < 4.78 is 0.443. The van der Waals surface area contributed by atoms with Gasteiger partial charge in [-0.15, -0.1) is 0 Å². The number of aromatic amines is 1. The molecule has 2 heterocycles. The Morgan fingerprint density at radius 1 is 1.64 bits per heavy atom. The Bertz CT molecular complexity index is 283. The van der Waals surface area contributed by atoms with E-state index in [9.17, 15) is 0 Å². The maximum atomic E-state index is 4.79. The highest BCUT2D eigenvalue weighted by molar-refractivity contribution is 7.71. The average molecular weight is 171 g/mol. The van der Waals surface area contributed by atoms with Crippen molar-refractivity contribution >= 4 is 12.2 Å². The van der Waals surface area contributed by atoms with Crippen LogP contribution in [0.3, 0.4) is 0 Å². The number of H-pyrrole nitrogens is 1. The first-order valence-electron chi connectivity index (χ1n) is 3.61. The summed E-state index contributed by atoms with van der Waals surface area (Å²) in [5.74, 6) is 0. The van der Waals surface area contributed by atoms with Gasteiger partial charge in [-0.3, -0.25) is 10.4 Å². The van der Waals surface area contributed by atoms with Gasteiger partial charge in [-0.1, -0.05) is 5.10 Å². The van der Waals surface area contributed by atoms with Crippen molar-refractivity contribution in [3.63, 3.8) is 0 Å². The number of aromatic nitrogens is 4. The highest BCUT2D eigenvalue weighted by atomic mass is 32.1. The van der Waals surface area contributed by atoms with Crippen molar-refractivity contribution in [1.29, 1.82) is 0 Å². The van der Waals surface area contributed by atoms with Crippen LogP contribution in [0, 0.1) is 4.77 Å². The fourth-order valence-electron chi connectivity index (χ4n) is 1.25. The van der Waals surface area contributed by atoms with Crippen LogP contribution < -0.4 is 5.32 Å². The van der Waals surface area contributed by atoms with Crippen LogP contribution in [0.1, 0.15) is 19.0 Å². The monoisotopic (exact) mass is 171 g/mol. The lowest BCUT2D eigenvalue weighted by molar-refractivity contribution is 0.370. The van der Waals surface area contributed by atoms with Crippen LogP contribution in [-0.2, 0) is 0 Å². The molecule has 0 unspecified atom stereocenters. The highest BCUT2D eigenvalue weighted by Crippen LogP contribution is 2.12. The van der Waals surface area contributed by atoms with Crippen LogP contribution in [-0.4, -0.2) is 26.8 Å². The molecule has 0 saturated carbocycles. The third kappa shape index (κ3) is 1.31. The van der Waals surface area contributed by atoms with Gasteiger partial charge in [0.05, 0.1) is 0 Å². The second-order valence-electron chi connectivity index (χ2n) is 2.56. The second kappa shape index (κ2) is 2.71. The summed E-state index contributed by atoms with van der Waals surface area (Å²) in [5, 5.41) is 13.7. The van der Waals surface area contributed by atoms with Gasteiger partial charge in [0.2, 0.25) is 4.77 Å². The summed E-state index contributed by atoms with van der Waals surface area (Å²) >= 11 is 4.79. The summed E-state index contributed by atoms with van der Waals surface area (Å²) in [6, 6.07) is 0. The molecule has 0 aromatic carbocycles. The molecule has 0 bridgehead atoms. The molecule has 1 aliphatic rings. The maximum absolute atomic E-state index is 4.79. The van der Waals surface area contributed by atoms with E-state index >= 15 is 0 Å². The fraction of sp³-hybridized carbons (Fsp3) is 0.800. The van der Waals surface area contributed by atoms with Crippen molar-refractivity contribution in [2.75, 3.05) is 6.54 Å². The Labute approximate surface area is 68.8 Å². The Morgan fingerprint density at radius 3 is 3.09 bits per heavy atom. The first kappa shape index (κ1) is 6.93. The van der Waals surface area contributed by atoms with Crippen LogP contribution in [0.4, 0.5) is 0 Å². The molecule has 2 rings (SSSR count). The van der Waals surface area contributed by atoms with Crippen LogP contribution in [0.2, 0.25) is 0 Å². The minimum atomic E-state index is 0.263. The number of hydrogen-bond donors (Lipinski definition) is 2. The predicted molar refractivity (Wildman–Crippen MR) is 41.5 cm³/mol. The number of nitrogens with zero attached hydrogens (tertiary/aromatic N) is 3. The molecule has 0 aliphatic carbocycles. The molecule has 60 valence electrons. The van der Waals surface area contributed by atoms with Gasteiger partial charge >= 0.3 is 0 Å². The summed E-state index contributed by atoms with van der Waals surface area (Å²) in [6.45, 7) is 1.05. The molecule has 0 radical (unpaired) electrons. The van der Waals surface area contributed by atoms with Crippen LogP contribution in [0.15, 0.2) is 0 Å². The number of rotatable bonds is 1. The minimum Gasteiger partial charge on any atom is -0.294 e. The third-order valence-corrected chi connectivity index (χ3v) is 1.94. The van der Waals surface area contributed by atoms with Gasteiger partial charge in [-0.05, 0) is 36.8 Å². The Kier molecular flexibility index (Phi) is 1.71. The van der Waals surface area contributed by atoms with Gasteiger partial charge < -0.3 is 0 Å². The molecular weight excluding hydrogens is 162 g/mol. The first-order valence-corrected chi connectivity index (χ1v) is 4.02. The zero-order valence-corrected chi connectivity index (χ0v) is 6.77. The van der Waals surface area contributed by atoms with Crippen molar-refractivity contribution in [3.8, 4) is 0 Å². The molecule has 1 aromatic heterocycles. The van der Waals surface area contributed by atoms with E-state index in [0.717, 1.165) is 13.0 Å². The molecule has 1 fully saturated rings. The van der Waals surface area contributed by atoms with Crippen LogP contribution >= 0.6 is 12.2 Å². The topological polar surface area (TPSA) is 58.5 Å². The molecule has 0 amide bonds. The summed E-state index contributed by atoms with van der Waals surface area (Å²) in [4.78, 5) is 1.68. The van der Waals surface area contributed by atoms with E-state index in [1.165, 1.54) is 6.42 Å². The second-order valence-corrected chi connectivity index (χ2v) is 2.95. The molecule has 1 atom stereocenters. The molecule has 6 heteroatoms. The van der Waals surface area contributed by atoms with Crippen molar-refractivity contribution in [1.82, 2.24) is 25.5 Å². The minimum absolute atomic E-state index is 0.263. The highest BCUT2D eigenvalue weighted by Gasteiger charge is 2.16. The summed E-state index contributed by atoms with van der Waals surface area (Å²) in [5.41, 5.74) is 0. The quantitative estimate of drug-likeness (QED) is 0.593. The van der Waals surface area contributed by atoms with Crippen LogP contribution in [0.25, 0.3) is 0 Å². The van der Waals surface area contributed by atoms with Gasteiger partial charge in [0.15, 0.2) is 0 Å². The molecule has 1 aliphatic heterocycles. The molecule has 1 aromatic rings. The van der Waals surface area contributed by atoms with Gasteiger partial charge in [0, 0.05) is 0 Å². The molecule has 1 saturated heterocycles. The van der Waals surface area contributed by atoms with Crippen molar-refractivity contribution in [3.05, 3.63) is 4.77 Å². The number of tetrazole rings is 1. The molecule has 0 spiro atoms. The SMILES string of the molecule is S=c1nnn([C@H]2CCCN2)[nH]1. The standard InChI is InChI=1S/C5H9N5S/c11-5-7-9-10(8-5)4-2-1-3-6-4/h4,6H,1-3H2,(H,8,11)/t4-/m0/s1. The Hall–Kier alpha value is -0.750. The lowest BCUT2D eigenvalue weighted by Crippen LogP contribution is -2.22. The lowest BCUT2D eigenvalue weighted by atomic mass is 10.3. The van der Waals surface area contributed by atoms with E-state index in [0.29, 0.717) is 4.77 Å². The average Bonchev–Trinajstić information content (AvgIpc) is 2.55. The fourth-order valence-corrected chi connectivity index (χ4v) is 1.38. The smallest absolute Gasteiger partial charge is 0.235 e. The van der Waals surface area contributed by atoms with Crippen molar-refractivity contribution < 1.29 is 0 Å². The van der Waals surface area contributed by atoms with Gasteiger partial charge in [0.1, 0.15) is 6.17 Å². The van der Waals surface area contributed by atoms with E-state index in [2.05, 4.69) is 20.7 Å². The maximum Gasteiger partial charge on any atom is 0.235 e. The largest absolute Gasteiger partial charge is 0.294 e. The van der Waals surface area contributed by atoms with Crippen LogP contribution in [0.5, 0.6) is 0 Å². The van der Waals surface area contributed by atoms with Gasteiger partial charge in [-0.25, -0.2) is 0 Å². The predicted octanol–water partition coefficient (Wildman–Crippen LogP) is 0.218. The van der Waals surface area contributed by atoms with E-state index in [1.807, 2.05) is 0 Å². The Morgan fingerprint density at radius 2 is 2.55 bits per heavy atom. The van der Waals surface area contributed by atoms with E-state index in [1.54, 1.807) is 4.80 Å². The summed E-state index contributed by atoms with van der Waals surface area (Å²) in [7, 11) is 0. The van der Waals surface area contributed by atoms with E-state index in [-0.39, 0.29) is 6.17 Å². The summed E-state index contributed by atoms with van der Waals surface area (Å²) in [6.07, 6.45) is 2.54.